The van der Waals surface area contributed by atoms with E-state index in [0.29, 0.717) is 11.7 Å². The van der Waals surface area contributed by atoms with Crippen LogP contribution in [0.2, 0.25) is 0 Å². The van der Waals surface area contributed by atoms with Crippen molar-refractivity contribution in [2.75, 3.05) is 51.3 Å². The summed E-state index contributed by atoms with van der Waals surface area (Å²) in [7, 11) is 1.83. The second kappa shape index (κ2) is 12.3. The summed E-state index contributed by atoms with van der Waals surface area (Å²) in [6.45, 7) is 11.6. The van der Waals surface area contributed by atoms with Gasteiger partial charge in [-0.1, -0.05) is 26.0 Å². The van der Waals surface area contributed by atoms with Crippen LogP contribution < -0.4 is 10.2 Å². The largest absolute Gasteiger partial charge is 0.506 e. The van der Waals surface area contributed by atoms with Crippen molar-refractivity contribution in [1.82, 2.24) is 10.2 Å². The first kappa shape index (κ1) is 23.8. The van der Waals surface area contributed by atoms with Crippen molar-refractivity contribution in [2.45, 2.75) is 33.3 Å². The fourth-order valence-corrected chi connectivity index (χ4v) is 3.37. The molecule has 2 N–H and O–H groups in total. The summed E-state index contributed by atoms with van der Waals surface area (Å²) in [6, 6.07) is 7.53. The molecule has 1 fully saturated rings. The summed E-state index contributed by atoms with van der Waals surface area (Å²) in [5.41, 5.74) is 0.909. The van der Waals surface area contributed by atoms with Crippen LogP contribution in [-0.2, 0) is 4.74 Å². The van der Waals surface area contributed by atoms with Gasteiger partial charge in [-0.2, -0.15) is 0 Å². The summed E-state index contributed by atoms with van der Waals surface area (Å²) in [4.78, 5) is 8.94. The topological polar surface area (TPSA) is 60.3 Å². The van der Waals surface area contributed by atoms with Crippen LogP contribution in [0.1, 0.15) is 27.2 Å². The molecule has 0 aromatic heterocycles. The quantitative estimate of drug-likeness (QED) is 0.350. The van der Waals surface area contributed by atoms with Gasteiger partial charge in [0.05, 0.1) is 11.8 Å². The number of hydrogen-bond acceptors (Lipinski definition) is 4. The van der Waals surface area contributed by atoms with E-state index in [2.05, 4.69) is 34.0 Å². The second-order valence-corrected chi connectivity index (χ2v) is 6.96. The van der Waals surface area contributed by atoms with Crippen molar-refractivity contribution in [3.05, 3.63) is 24.3 Å². The lowest BCUT2D eigenvalue weighted by atomic mass is 10.0. The number of para-hydroxylation sites is 2. The number of nitrogens with zero attached hydrogens (tertiary/aromatic N) is 3. The number of guanidine groups is 1. The first-order valence-electron chi connectivity index (χ1n) is 9.67. The number of rotatable bonds is 7. The summed E-state index contributed by atoms with van der Waals surface area (Å²) >= 11 is 0. The Labute approximate surface area is 181 Å². The number of aromatic hydroxyl groups is 1. The molecule has 1 unspecified atom stereocenters. The number of nitrogens with one attached hydrogen (secondary N) is 1. The van der Waals surface area contributed by atoms with Gasteiger partial charge in [-0.25, -0.2) is 0 Å². The number of phenols is 1. The molecule has 7 heteroatoms. The Bertz CT molecular complexity index is 575. The highest BCUT2D eigenvalue weighted by Gasteiger charge is 2.21. The van der Waals surface area contributed by atoms with Gasteiger partial charge in [0.1, 0.15) is 5.75 Å². The molecule has 1 saturated heterocycles. The van der Waals surface area contributed by atoms with E-state index in [1.807, 2.05) is 32.2 Å². The molecule has 0 bridgehead atoms. The zero-order valence-corrected chi connectivity index (χ0v) is 19.3. The van der Waals surface area contributed by atoms with Gasteiger partial charge >= 0.3 is 0 Å². The zero-order chi connectivity index (χ0) is 18.9. The average Bonchev–Trinajstić information content (AvgIpc) is 2.65. The molecule has 0 radical (unpaired) electrons. The number of aliphatic imine (C=N–C) groups is 1. The summed E-state index contributed by atoms with van der Waals surface area (Å²) < 4.78 is 5.81. The zero-order valence-electron chi connectivity index (χ0n) is 17.0. The van der Waals surface area contributed by atoms with Crippen molar-refractivity contribution in [1.29, 1.82) is 0 Å². The van der Waals surface area contributed by atoms with Crippen LogP contribution in [0.5, 0.6) is 5.75 Å². The maximum absolute atomic E-state index is 10.0. The third kappa shape index (κ3) is 7.03. The van der Waals surface area contributed by atoms with Crippen LogP contribution in [0, 0.1) is 5.92 Å². The molecule has 1 aromatic carbocycles. The minimum atomic E-state index is 0. The monoisotopic (exact) mass is 490 g/mol. The van der Waals surface area contributed by atoms with Gasteiger partial charge in [-0.3, -0.25) is 4.99 Å². The lowest BCUT2D eigenvalue weighted by Gasteiger charge is -2.38. The van der Waals surface area contributed by atoms with Crippen molar-refractivity contribution >= 4 is 35.6 Å². The standard InChI is InChI=1S/C20H34N4O2.HI/c1-5-26-19(16(2)3)10-11-22-20(21-4)24-14-12-23(13-15-24)17-8-6-7-9-18(17)25;/h6-9,16,19,25H,5,10-15H2,1-4H3,(H,21,22);1H. The summed E-state index contributed by atoms with van der Waals surface area (Å²) in [6.07, 6.45) is 1.26. The second-order valence-electron chi connectivity index (χ2n) is 6.96. The molecular formula is C20H35IN4O2. The number of benzene rings is 1. The highest BCUT2D eigenvalue weighted by molar-refractivity contribution is 14.0. The van der Waals surface area contributed by atoms with E-state index in [0.717, 1.165) is 57.4 Å². The highest BCUT2D eigenvalue weighted by atomic mass is 127. The Morgan fingerprint density at radius 1 is 1.22 bits per heavy atom. The third-order valence-corrected chi connectivity index (χ3v) is 4.85. The number of phenolic OH excluding ortho intramolecular Hbond substituents is 1. The van der Waals surface area contributed by atoms with Crippen molar-refractivity contribution in [3.63, 3.8) is 0 Å². The fourth-order valence-electron chi connectivity index (χ4n) is 3.37. The van der Waals surface area contributed by atoms with Crippen LogP contribution in [0.15, 0.2) is 29.3 Å². The number of halogens is 1. The Kier molecular flexibility index (Phi) is 10.8. The van der Waals surface area contributed by atoms with E-state index < -0.39 is 0 Å². The number of ether oxygens (including phenoxy) is 1. The van der Waals surface area contributed by atoms with Crippen molar-refractivity contribution in [2.24, 2.45) is 10.9 Å². The first-order chi connectivity index (χ1) is 12.6. The predicted octanol–water partition coefficient (Wildman–Crippen LogP) is 3.16. The Morgan fingerprint density at radius 3 is 2.44 bits per heavy atom. The minimum absolute atomic E-state index is 0. The van der Waals surface area contributed by atoms with E-state index in [-0.39, 0.29) is 30.1 Å². The smallest absolute Gasteiger partial charge is 0.193 e. The molecule has 1 aliphatic rings. The fraction of sp³-hybridized carbons (Fsp3) is 0.650. The first-order valence-corrected chi connectivity index (χ1v) is 9.67. The minimum Gasteiger partial charge on any atom is -0.506 e. The van der Waals surface area contributed by atoms with E-state index in [1.165, 1.54) is 0 Å². The van der Waals surface area contributed by atoms with E-state index in [4.69, 9.17) is 4.74 Å². The molecule has 6 nitrogen and oxygen atoms in total. The van der Waals surface area contributed by atoms with Crippen molar-refractivity contribution in [3.8, 4) is 5.75 Å². The van der Waals surface area contributed by atoms with Gasteiger partial charge in [0, 0.05) is 46.4 Å². The third-order valence-electron chi connectivity index (χ3n) is 4.85. The van der Waals surface area contributed by atoms with E-state index >= 15 is 0 Å². The van der Waals surface area contributed by atoms with Gasteiger partial charge in [-0.05, 0) is 31.4 Å². The lowest BCUT2D eigenvalue weighted by molar-refractivity contribution is 0.0257. The molecule has 0 saturated carbocycles. The van der Waals surface area contributed by atoms with Crippen LogP contribution in [-0.4, -0.2) is 68.4 Å². The molecule has 0 spiro atoms. The molecule has 27 heavy (non-hydrogen) atoms. The number of anilines is 1. The van der Waals surface area contributed by atoms with Gasteiger partial charge in [0.15, 0.2) is 5.96 Å². The van der Waals surface area contributed by atoms with Crippen LogP contribution >= 0.6 is 24.0 Å². The molecule has 1 heterocycles. The maximum Gasteiger partial charge on any atom is 0.193 e. The summed E-state index contributed by atoms with van der Waals surface area (Å²) in [5.74, 6) is 1.81. The maximum atomic E-state index is 10.0. The average molecular weight is 490 g/mol. The SMILES string of the molecule is CCOC(CCNC(=NC)N1CCN(c2ccccc2O)CC1)C(C)C.I. The Morgan fingerprint density at radius 2 is 1.89 bits per heavy atom. The number of piperazine rings is 1. The molecule has 2 rings (SSSR count). The molecule has 1 aromatic rings. The van der Waals surface area contributed by atoms with Gasteiger partial charge in [0.2, 0.25) is 0 Å². The molecular weight excluding hydrogens is 455 g/mol. The molecule has 154 valence electrons. The Balaban J connectivity index is 0.00000364. The van der Waals surface area contributed by atoms with E-state index in [1.54, 1.807) is 6.07 Å². The highest BCUT2D eigenvalue weighted by Crippen LogP contribution is 2.27. The lowest BCUT2D eigenvalue weighted by Crippen LogP contribution is -2.52. The van der Waals surface area contributed by atoms with Gasteiger partial charge in [-0.15, -0.1) is 24.0 Å². The Hall–Kier alpha value is -1.22. The van der Waals surface area contributed by atoms with Gasteiger partial charge in [0.25, 0.3) is 0 Å². The van der Waals surface area contributed by atoms with E-state index in [9.17, 15) is 5.11 Å². The normalized spacial score (nSPS) is 16.3. The predicted molar refractivity (Wildman–Crippen MR) is 124 cm³/mol. The van der Waals surface area contributed by atoms with Crippen LogP contribution in [0.3, 0.4) is 0 Å². The van der Waals surface area contributed by atoms with Crippen molar-refractivity contribution < 1.29 is 9.84 Å². The molecule has 1 atom stereocenters. The molecule has 0 aliphatic carbocycles. The van der Waals surface area contributed by atoms with Gasteiger partial charge < -0.3 is 25.0 Å². The van der Waals surface area contributed by atoms with Crippen LogP contribution in [0.4, 0.5) is 5.69 Å². The molecule has 1 aliphatic heterocycles. The number of hydrogen-bond donors (Lipinski definition) is 2. The molecule has 0 amide bonds. The van der Waals surface area contributed by atoms with Crippen LogP contribution in [0.25, 0.3) is 0 Å². The summed E-state index contributed by atoms with van der Waals surface area (Å²) in [5, 5.41) is 13.5.